The molecule has 1 aliphatic heterocycles. The van der Waals surface area contributed by atoms with Gasteiger partial charge in [0.2, 0.25) is 11.8 Å². The molecular formula is C22H34ClN3O2. The Morgan fingerprint density at radius 3 is 2.14 bits per heavy atom. The number of anilines is 2. The van der Waals surface area contributed by atoms with Gasteiger partial charge in [-0.2, -0.15) is 0 Å². The van der Waals surface area contributed by atoms with Crippen molar-refractivity contribution < 1.29 is 9.59 Å². The minimum absolute atomic E-state index is 0.206. The molecule has 1 aliphatic rings. The molecule has 2 amide bonds. The van der Waals surface area contributed by atoms with E-state index in [0.717, 1.165) is 44.0 Å². The summed E-state index contributed by atoms with van der Waals surface area (Å²) in [7, 11) is 0. The minimum Gasteiger partial charge on any atom is -0.368 e. The van der Waals surface area contributed by atoms with Gasteiger partial charge >= 0.3 is 0 Å². The summed E-state index contributed by atoms with van der Waals surface area (Å²) >= 11 is 5.78. The Kier molecular flexibility index (Phi) is 7.76. The van der Waals surface area contributed by atoms with Crippen LogP contribution in [0.15, 0.2) is 24.3 Å². The SMILES string of the molecule is C[C@@H](CC(=O)N1CCN(c2ccc(NC(=O)[C@@H](C)Cl)cc2)CC1)CC(C)(C)C. The molecule has 5 nitrogen and oxygen atoms in total. The molecule has 6 heteroatoms. The number of nitrogens with one attached hydrogen (secondary N) is 1. The largest absolute Gasteiger partial charge is 0.368 e. The lowest BCUT2D eigenvalue weighted by molar-refractivity contribution is -0.132. The second-order valence-electron chi connectivity index (χ2n) is 9.09. The molecule has 1 saturated heterocycles. The van der Waals surface area contributed by atoms with Crippen molar-refractivity contribution in [1.82, 2.24) is 4.90 Å². The second-order valence-corrected chi connectivity index (χ2v) is 9.75. The van der Waals surface area contributed by atoms with Gasteiger partial charge in [0.1, 0.15) is 5.38 Å². The van der Waals surface area contributed by atoms with Crippen LogP contribution >= 0.6 is 11.6 Å². The number of hydrogen-bond acceptors (Lipinski definition) is 3. The molecule has 0 spiro atoms. The van der Waals surface area contributed by atoms with Crippen molar-refractivity contribution in [2.24, 2.45) is 11.3 Å². The van der Waals surface area contributed by atoms with Crippen molar-refractivity contribution in [2.75, 3.05) is 36.4 Å². The van der Waals surface area contributed by atoms with Gasteiger partial charge in [0.25, 0.3) is 0 Å². The molecule has 2 atom stereocenters. The first-order valence-corrected chi connectivity index (χ1v) is 10.6. The molecule has 2 rings (SSSR count). The molecule has 0 bridgehead atoms. The first-order valence-electron chi connectivity index (χ1n) is 10.1. The van der Waals surface area contributed by atoms with Crippen molar-refractivity contribution in [1.29, 1.82) is 0 Å². The van der Waals surface area contributed by atoms with Crippen molar-refractivity contribution in [3.8, 4) is 0 Å². The van der Waals surface area contributed by atoms with E-state index >= 15 is 0 Å². The maximum atomic E-state index is 12.6. The molecule has 0 aromatic heterocycles. The quantitative estimate of drug-likeness (QED) is 0.712. The zero-order chi connectivity index (χ0) is 20.9. The van der Waals surface area contributed by atoms with Gasteiger partial charge in [-0.3, -0.25) is 9.59 Å². The molecule has 1 aromatic carbocycles. The summed E-state index contributed by atoms with van der Waals surface area (Å²) in [6.07, 6.45) is 1.69. The monoisotopic (exact) mass is 407 g/mol. The van der Waals surface area contributed by atoms with Gasteiger partial charge in [-0.25, -0.2) is 0 Å². The van der Waals surface area contributed by atoms with Gasteiger partial charge in [-0.1, -0.05) is 27.7 Å². The number of hydrogen-bond donors (Lipinski definition) is 1. The minimum atomic E-state index is -0.559. The van der Waals surface area contributed by atoms with E-state index in [-0.39, 0.29) is 17.2 Å². The van der Waals surface area contributed by atoms with Crippen LogP contribution in [0.25, 0.3) is 0 Å². The van der Waals surface area contributed by atoms with Crippen LogP contribution in [0.4, 0.5) is 11.4 Å². The van der Waals surface area contributed by atoms with Crippen molar-refractivity contribution in [2.45, 2.75) is 52.8 Å². The summed E-state index contributed by atoms with van der Waals surface area (Å²) in [6.45, 7) is 13.6. The van der Waals surface area contributed by atoms with E-state index in [1.807, 2.05) is 29.2 Å². The smallest absolute Gasteiger partial charge is 0.242 e. The number of piperazine rings is 1. The highest BCUT2D eigenvalue weighted by Gasteiger charge is 2.24. The van der Waals surface area contributed by atoms with Crippen LogP contribution in [0, 0.1) is 11.3 Å². The molecule has 0 radical (unpaired) electrons. The van der Waals surface area contributed by atoms with Crippen LogP contribution in [0.3, 0.4) is 0 Å². The van der Waals surface area contributed by atoms with Crippen molar-refractivity contribution >= 4 is 34.8 Å². The fraction of sp³-hybridized carbons (Fsp3) is 0.636. The third kappa shape index (κ3) is 7.01. The predicted molar refractivity (Wildman–Crippen MR) is 117 cm³/mol. The molecule has 1 heterocycles. The fourth-order valence-corrected chi connectivity index (χ4v) is 3.81. The highest BCUT2D eigenvalue weighted by Crippen LogP contribution is 2.27. The summed E-state index contributed by atoms with van der Waals surface area (Å²) in [4.78, 5) is 28.5. The average Bonchev–Trinajstić information content (AvgIpc) is 2.60. The van der Waals surface area contributed by atoms with Crippen LogP contribution in [-0.4, -0.2) is 48.3 Å². The highest BCUT2D eigenvalue weighted by molar-refractivity contribution is 6.32. The molecule has 1 fully saturated rings. The van der Waals surface area contributed by atoms with Crippen LogP contribution in [-0.2, 0) is 9.59 Å². The Morgan fingerprint density at radius 1 is 1.07 bits per heavy atom. The third-order valence-electron chi connectivity index (χ3n) is 4.98. The number of nitrogens with zero attached hydrogens (tertiary/aromatic N) is 2. The summed E-state index contributed by atoms with van der Waals surface area (Å²) in [5, 5.41) is 2.23. The van der Waals surface area contributed by atoms with Gasteiger partial charge in [0.05, 0.1) is 0 Å². The first kappa shape index (κ1) is 22.5. The van der Waals surface area contributed by atoms with Gasteiger partial charge in [-0.05, 0) is 48.9 Å². The van der Waals surface area contributed by atoms with Crippen LogP contribution < -0.4 is 10.2 Å². The summed E-state index contributed by atoms with van der Waals surface area (Å²) in [5.74, 6) is 0.468. The van der Waals surface area contributed by atoms with E-state index < -0.39 is 5.38 Å². The van der Waals surface area contributed by atoms with Gasteiger partial charge in [-0.15, -0.1) is 11.6 Å². The molecule has 156 valence electrons. The van der Waals surface area contributed by atoms with E-state index in [4.69, 9.17) is 11.6 Å². The molecule has 1 aromatic rings. The lowest BCUT2D eigenvalue weighted by Crippen LogP contribution is -2.49. The van der Waals surface area contributed by atoms with E-state index in [1.54, 1.807) is 6.92 Å². The maximum absolute atomic E-state index is 12.6. The fourth-order valence-electron chi connectivity index (χ4n) is 3.76. The van der Waals surface area contributed by atoms with Crippen LogP contribution in [0.1, 0.15) is 47.5 Å². The molecule has 0 unspecified atom stereocenters. The zero-order valence-electron chi connectivity index (χ0n) is 17.8. The number of alkyl halides is 1. The van der Waals surface area contributed by atoms with Crippen LogP contribution in [0.2, 0.25) is 0 Å². The molecule has 1 N–H and O–H groups in total. The summed E-state index contributed by atoms with van der Waals surface area (Å²) < 4.78 is 0. The second kappa shape index (κ2) is 9.64. The maximum Gasteiger partial charge on any atom is 0.242 e. The molecule has 0 aliphatic carbocycles. The number of carbonyl (C=O) groups is 2. The first-order chi connectivity index (χ1) is 13.0. The van der Waals surface area contributed by atoms with Crippen molar-refractivity contribution in [3.63, 3.8) is 0 Å². The normalized spacial score (nSPS) is 17.2. The zero-order valence-corrected chi connectivity index (χ0v) is 18.6. The van der Waals surface area contributed by atoms with Gasteiger partial charge in [0.15, 0.2) is 0 Å². The summed E-state index contributed by atoms with van der Waals surface area (Å²) in [5.41, 5.74) is 2.10. The van der Waals surface area contributed by atoms with Gasteiger partial charge < -0.3 is 15.1 Å². The predicted octanol–water partition coefficient (Wildman–Crippen LogP) is 4.36. The Bertz CT molecular complexity index is 659. The van der Waals surface area contributed by atoms with Gasteiger partial charge in [0, 0.05) is 44.0 Å². The topological polar surface area (TPSA) is 52.7 Å². The number of amides is 2. The van der Waals surface area contributed by atoms with E-state index in [2.05, 4.69) is 37.9 Å². The Balaban J connectivity index is 1.83. The molecule has 0 saturated carbocycles. The summed E-state index contributed by atoms with van der Waals surface area (Å²) in [6, 6.07) is 7.77. The van der Waals surface area contributed by atoms with E-state index in [0.29, 0.717) is 12.3 Å². The highest BCUT2D eigenvalue weighted by atomic mass is 35.5. The lowest BCUT2D eigenvalue weighted by atomic mass is 9.84. The number of benzene rings is 1. The third-order valence-corrected chi connectivity index (χ3v) is 5.18. The Hall–Kier alpha value is -1.75. The van der Waals surface area contributed by atoms with E-state index in [1.165, 1.54) is 0 Å². The average molecular weight is 408 g/mol. The van der Waals surface area contributed by atoms with Crippen molar-refractivity contribution in [3.05, 3.63) is 24.3 Å². The standard InChI is InChI=1S/C22H34ClN3O2/c1-16(15-22(3,4)5)14-20(27)26-12-10-25(11-13-26)19-8-6-18(7-9-19)24-21(28)17(2)23/h6-9,16-17H,10-15H2,1-5H3,(H,24,28)/t16-,17+/m0/s1. The van der Waals surface area contributed by atoms with E-state index in [9.17, 15) is 9.59 Å². The Labute approximate surface area is 174 Å². The number of halogens is 1. The number of carbonyl (C=O) groups excluding carboxylic acids is 2. The molecular weight excluding hydrogens is 374 g/mol. The molecule has 28 heavy (non-hydrogen) atoms. The van der Waals surface area contributed by atoms with Crippen LogP contribution in [0.5, 0.6) is 0 Å². The lowest BCUT2D eigenvalue weighted by Gasteiger charge is -2.37. The number of rotatable bonds is 6. The Morgan fingerprint density at radius 2 is 1.64 bits per heavy atom.